The molecule has 2 N–H and O–H groups in total. The zero-order valence-corrected chi connectivity index (χ0v) is 17.0. The molecule has 0 aliphatic carbocycles. The molecule has 8 heteroatoms. The minimum atomic E-state index is -4.36. The number of guanidine groups is 1. The van der Waals surface area contributed by atoms with Crippen molar-refractivity contribution in [1.29, 1.82) is 0 Å². The summed E-state index contributed by atoms with van der Waals surface area (Å²) in [5.41, 5.74) is -0.365. The topological polar surface area (TPSA) is 48.9 Å². The maximum Gasteiger partial charge on any atom is 0.416 e. The van der Waals surface area contributed by atoms with Crippen LogP contribution in [0.3, 0.4) is 0 Å². The average Bonchev–Trinajstić information content (AvgIpc) is 2.70. The monoisotopic (exact) mass is 410 g/mol. The van der Waals surface area contributed by atoms with Gasteiger partial charge in [0.2, 0.25) is 0 Å². The van der Waals surface area contributed by atoms with Gasteiger partial charge in [-0.2, -0.15) is 13.2 Å². The van der Waals surface area contributed by atoms with E-state index in [1.165, 1.54) is 6.07 Å². The second-order valence-electron chi connectivity index (χ2n) is 6.83. The summed E-state index contributed by atoms with van der Waals surface area (Å²) in [4.78, 5) is 6.81. The van der Waals surface area contributed by atoms with E-state index in [9.17, 15) is 13.2 Å². The van der Waals surface area contributed by atoms with Gasteiger partial charge in [-0.05, 0) is 38.0 Å². The smallest absolute Gasteiger partial charge is 0.383 e. The number of piperidine rings is 1. The Hall–Kier alpha value is -2.24. The standard InChI is InChI=1S/C21H29F3N4O/c1-3-25-20(27-19-9-12-28(13-10-19)14-15-29-2)26-11-5-7-17-6-4-8-18(16-17)21(22,23)24/h4,6,8,16,19H,3,9-15H2,1-2H3,(H2,25,26,27). The molecule has 0 amide bonds. The quantitative estimate of drug-likeness (QED) is 0.430. The third-order valence-corrected chi connectivity index (χ3v) is 4.62. The van der Waals surface area contributed by atoms with Crippen LogP contribution in [0.4, 0.5) is 13.2 Å². The lowest BCUT2D eigenvalue weighted by Crippen LogP contribution is -2.49. The number of rotatable bonds is 6. The van der Waals surface area contributed by atoms with Crippen molar-refractivity contribution >= 4 is 5.96 Å². The second-order valence-corrected chi connectivity index (χ2v) is 6.83. The van der Waals surface area contributed by atoms with E-state index in [-0.39, 0.29) is 6.54 Å². The van der Waals surface area contributed by atoms with Crippen molar-refractivity contribution in [2.75, 3.05) is 46.4 Å². The highest BCUT2D eigenvalue weighted by Crippen LogP contribution is 2.29. The van der Waals surface area contributed by atoms with Crippen molar-refractivity contribution in [1.82, 2.24) is 15.5 Å². The SMILES string of the molecule is CCNC(=NCC#Cc1cccc(C(F)(F)F)c1)NC1CCN(CCOC)CC1. The molecule has 0 aromatic heterocycles. The molecule has 160 valence electrons. The fourth-order valence-electron chi connectivity index (χ4n) is 3.07. The van der Waals surface area contributed by atoms with Gasteiger partial charge in [0, 0.05) is 44.9 Å². The van der Waals surface area contributed by atoms with E-state index < -0.39 is 11.7 Å². The predicted octanol–water partition coefficient (Wildman–Crippen LogP) is 2.72. The molecule has 0 bridgehead atoms. The summed E-state index contributed by atoms with van der Waals surface area (Å²) in [5.74, 6) is 6.26. The Morgan fingerprint density at radius 2 is 2.07 bits per heavy atom. The summed E-state index contributed by atoms with van der Waals surface area (Å²) >= 11 is 0. The van der Waals surface area contributed by atoms with Gasteiger partial charge < -0.3 is 20.3 Å². The van der Waals surface area contributed by atoms with Gasteiger partial charge in [-0.3, -0.25) is 0 Å². The molecule has 0 saturated carbocycles. The summed E-state index contributed by atoms with van der Waals surface area (Å²) in [6.45, 7) is 6.62. The summed E-state index contributed by atoms with van der Waals surface area (Å²) in [5, 5.41) is 6.62. The molecular formula is C21H29F3N4O. The van der Waals surface area contributed by atoms with E-state index in [1.54, 1.807) is 13.2 Å². The molecule has 1 aromatic carbocycles. The van der Waals surface area contributed by atoms with Crippen molar-refractivity contribution < 1.29 is 17.9 Å². The van der Waals surface area contributed by atoms with Crippen molar-refractivity contribution in [3.8, 4) is 11.8 Å². The van der Waals surface area contributed by atoms with Crippen LogP contribution in [0.1, 0.15) is 30.9 Å². The van der Waals surface area contributed by atoms with E-state index in [2.05, 4.69) is 32.4 Å². The van der Waals surface area contributed by atoms with E-state index in [0.717, 1.165) is 57.8 Å². The van der Waals surface area contributed by atoms with Crippen LogP contribution in [0.15, 0.2) is 29.3 Å². The van der Waals surface area contributed by atoms with Crippen molar-refractivity contribution in [3.63, 3.8) is 0 Å². The van der Waals surface area contributed by atoms with Gasteiger partial charge in [0.1, 0.15) is 6.54 Å². The van der Waals surface area contributed by atoms with Crippen LogP contribution in [0.25, 0.3) is 0 Å². The number of benzene rings is 1. The molecule has 0 unspecified atom stereocenters. The third kappa shape index (κ3) is 8.34. The Kier molecular flexibility index (Phi) is 9.29. The second kappa shape index (κ2) is 11.7. The summed E-state index contributed by atoms with van der Waals surface area (Å²) in [7, 11) is 1.71. The highest BCUT2D eigenvalue weighted by atomic mass is 19.4. The minimum Gasteiger partial charge on any atom is -0.383 e. The number of nitrogens with one attached hydrogen (secondary N) is 2. The van der Waals surface area contributed by atoms with Gasteiger partial charge in [-0.25, -0.2) is 4.99 Å². The first kappa shape index (κ1) is 23.0. The zero-order valence-electron chi connectivity index (χ0n) is 17.0. The number of aliphatic imine (C=N–C) groups is 1. The van der Waals surface area contributed by atoms with E-state index in [4.69, 9.17) is 4.74 Å². The maximum absolute atomic E-state index is 12.8. The lowest BCUT2D eigenvalue weighted by Gasteiger charge is -2.32. The zero-order chi connectivity index (χ0) is 21.1. The molecule has 0 atom stereocenters. The normalized spacial score (nSPS) is 16.2. The van der Waals surface area contributed by atoms with Crippen LogP contribution in [0.5, 0.6) is 0 Å². The lowest BCUT2D eigenvalue weighted by atomic mass is 10.1. The third-order valence-electron chi connectivity index (χ3n) is 4.62. The highest BCUT2D eigenvalue weighted by Gasteiger charge is 2.30. The molecule has 0 radical (unpaired) electrons. The summed E-state index contributed by atoms with van der Waals surface area (Å²) in [6, 6.07) is 5.35. The number of alkyl halides is 3. The first-order valence-electron chi connectivity index (χ1n) is 9.84. The number of ether oxygens (including phenoxy) is 1. The maximum atomic E-state index is 12.8. The molecule has 2 rings (SSSR count). The van der Waals surface area contributed by atoms with Gasteiger partial charge in [0.25, 0.3) is 0 Å². The number of halogens is 3. The van der Waals surface area contributed by atoms with Crippen LogP contribution in [-0.4, -0.2) is 63.3 Å². The predicted molar refractivity (Wildman–Crippen MR) is 109 cm³/mol. The Morgan fingerprint density at radius 3 is 2.72 bits per heavy atom. The number of hydrogen-bond donors (Lipinski definition) is 2. The summed E-state index contributed by atoms with van der Waals surface area (Å²) in [6.07, 6.45) is -2.33. The minimum absolute atomic E-state index is 0.207. The number of nitrogens with zero attached hydrogens (tertiary/aromatic N) is 2. The molecule has 1 aromatic rings. The number of methoxy groups -OCH3 is 1. The van der Waals surface area contributed by atoms with Crippen LogP contribution >= 0.6 is 0 Å². The molecule has 1 saturated heterocycles. The van der Waals surface area contributed by atoms with Crippen LogP contribution < -0.4 is 10.6 Å². The molecule has 5 nitrogen and oxygen atoms in total. The van der Waals surface area contributed by atoms with E-state index >= 15 is 0 Å². The van der Waals surface area contributed by atoms with E-state index in [0.29, 0.717) is 17.6 Å². The van der Waals surface area contributed by atoms with Crippen LogP contribution in [-0.2, 0) is 10.9 Å². The number of hydrogen-bond acceptors (Lipinski definition) is 3. The van der Waals surface area contributed by atoms with Gasteiger partial charge in [-0.15, -0.1) is 0 Å². The molecule has 1 aliphatic heterocycles. The Labute approximate surface area is 170 Å². The van der Waals surface area contributed by atoms with Gasteiger partial charge >= 0.3 is 6.18 Å². The van der Waals surface area contributed by atoms with Gasteiger partial charge in [0.15, 0.2) is 5.96 Å². The highest BCUT2D eigenvalue weighted by molar-refractivity contribution is 5.80. The van der Waals surface area contributed by atoms with Crippen molar-refractivity contribution in [3.05, 3.63) is 35.4 Å². The molecular weight excluding hydrogens is 381 g/mol. The molecule has 1 aliphatic rings. The largest absolute Gasteiger partial charge is 0.416 e. The van der Waals surface area contributed by atoms with Crippen LogP contribution in [0.2, 0.25) is 0 Å². The molecule has 0 spiro atoms. The number of likely N-dealkylation sites (tertiary alicyclic amines) is 1. The lowest BCUT2D eigenvalue weighted by molar-refractivity contribution is -0.137. The molecule has 29 heavy (non-hydrogen) atoms. The first-order valence-corrected chi connectivity index (χ1v) is 9.84. The molecule has 1 heterocycles. The Morgan fingerprint density at radius 1 is 1.31 bits per heavy atom. The average molecular weight is 410 g/mol. The van der Waals surface area contributed by atoms with Crippen LogP contribution in [0, 0.1) is 11.8 Å². The summed E-state index contributed by atoms with van der Waals surface area (Å²) < 4.78 is 43.4. The Balaban J connectivity index is 1.88. The Bertz CT molecular complexity index is 717. The van der Waals surface area contributed by atoms with Gasteiger partial charge in [0.05, 0.1) is 12.2 Å². The van der Waals surface area contributed by atoms with Gasteiger partial charge in [-0.1, -0.05) is 17.9 Å². The first-order chi connectivity index (χ1) is 13.9. The van der Waals surface area contributed by atoms with Crippen molar-refractivity contribution in [2.45, 2.75) is 32.0 Å². The fraction of sp³-hybridized carbons (Fsp3) is 0.571. The van der Waals surface area contributed by atoms with Crippen molar-refractivity contribution in [2.24, 2.45) is 4.99 Å². The molecule has 1 fully saturated rings. The fourth-order valence-corrected chi connectivity index (χ4v) is 3.07. The van der Waals surface area contributed by atoms with E-state index in [1.807, 2.05) is 6.92 Å².